The molecule has 0 aromatic heterocycles. The van der Waals surface area contributed by atoms with Crippen LogP contribution in [0, 0.1) is 29.1 Å². The van der Waals surface area contributed by atoms with E-state index in [0.717, 1.165) is 19.3 Å². The highest BCUT2D eigenvalue weighted by Crippen LogP contribution is 2.36. The van der Waals surface area contributed by atoms with Crippen molar-refractivity contribution in [1.29, 1.82) is 0 Å². The molecule has 1 fully saturated rings. The summed E-state index contributed by atoms with van der Waals surface area (Å²) < 4.78 is 80.0. The number of benzene rings is 3. The first-order chi connectivity index (χ1) is 17.8. The third kappa shape index (κ3) is 5.96. The minimum atomic E-state index is -1.23. The molecule has 1 aliphatic heterocycles. The third-order valence-corrected chi connectivity index (χ3v) is 7.08. The minimum absolute atomic E-state index is 0.0812. The van der Waals surface area contributed by atoms with Crippen molar-refractivity contribution in [2.45, 2.75) is 64.4 Å². The second kappa shape index (κ2) is 12.0. The summed E-state index contributed by atoms with van der Waals surface area (Å²) in [4.78, 5) is 0. The van der Waals surface area contributed by atoms with Crippen LogP contribution in [0.15, 0.2) is 48.5 Å². The second-order valence-corrected chi connectivity index (χ2v) is 9.60. The zero-order valence-electron chi connectivity index (χ0n) is 21.1. The summed E-state index contributed by atoms with van der Waals surface area (Å²) >= 11 is 0. The molecule has 0 saturated carbocycles. The number of hydrogen-bond acceptors (Lipinski definition) is 1. The van der Waals surface area contributed by atoms with Gasteiger partial charge in [0, 0.05) is 22.6 Å². The first-order valence-electron chi connectivity index (χ1n) is 12.8. The maximum Gasteiger partial charge on any atom is 0.167 e. The molecule has 0 amide bonds. The molecule has 2 unspecified atom stereocenters. The predicted molar refractivity (Wildman–Crippen MR) is 137 cm³/mol. The van der Waals surface area contributed by atoms with Gasteiger partial charge in [0.2, 0.25) is 0 Å². The number of rotatable bonds is 8. The molecule has 0 bridgehead atoms. The van der Waals surface area contributed by atoms with Crippen LogP contribution in [-0.2, 0) is 17.6 Å². The van der Waals surface area contributed by atoms with Crippen molar-refractivity contribution >= 4 is 6.08 Å². The summed E-state index contributed by atoms with van der Waals surface area (Å²) in [5, 5.41) is 0. The lowest BCUT2D eigenvalue weighted by atomic mass is 9.88. The molecule has 0 radical (unpaired) electrons. The van der Waals surface area contributed by atoms with Crippen LogP contribution in [0.2, 0.25) is 0 Å². The van der Waals surface area contributed by atoms with Crippen molar-refractivity contribution in [3.05, 3.63) is 99.9 Å². The van der Waals surface area contributed by atoms with Crippen molar-refractivity contribution < 1.29 is 26.7 Å². The number of hydrogen-bond donors (Lipinski definition) is 0. The lowest BCUT2D eigenvalue weighted by Gasteiger charge is -2.29. The molecule has 3 aromatic carbocycles. The normalized spacial score (nSPS) is 18.0. The van der Waals surface area contributed by atoms with Crippen molar-refractivity contribution in [3.63, 3.8) is 0 Å². The van der Waals surface area contributed by atoms with Gasteiger partial charge in [-0.15, -0.1) is 0 Å². The molecule has 1 saturated heterocycles. The first kappa shape index (κ1) is 27.1. The van der Waals surface area contributed by atoms with Crippen LogP contribution in [0.3, 0.4) is 0 Å². The zero-order chi connectivity index (χ0) is 26.5. The molecule has 0 aliphatic carbocycles. The Labute approximate surface area is 215 Å². The van der Waals surface area contributed by atoms with E-state index in [4.69, 9.17) is 4.74 Å². The van der Waals surface area contributed by atoms with Gasteiger partial charge in [0.05, 0.1) is 12.7 Å². The minimum Gasteiger partial charge on any atom is -0.378 e. The highest BCUT2D eigenvalue weighted by molar-refractivity contribution is 5.66. The fourth-order valence-corrected chi connectivity index (χ4v) is 5.00. The maximum absolute atomic E-state index is 15.1. The Hall–Kier alpha value is -2.99. The fourth-order valence-electron chi connectivity index (χ4n) is 5.00. The molecule has 4 rings (SSSR count). The lowest BCUT2D eigenvalue weighted by Crippen LogP contribution is -2.25. The van der Waals surface area contributed by atoms with E-state index in [1.54, 1.807) is 31.2 Å². The van der Waals surface area contributed by atoms with E-state index in [9.17, 15) is 8.78 Å². The lowest BCUT2D eigenvalue weighted by molar-refractivity contribution is -0.00181. The Bertz CT molecular complexity index is 1280. The van der Waals surface area contributed by atoms with Crippen LogP contribution < -0.4 is 0 Å². The molecule has 1 nitrogen and oxygen atoms in total. The average Bonchev–Trinajstić information content (AvgIpc) is 2.89. The first-order valence-corrected chi connectivity index (χ1v) is 12.8. The summed E-state index contributed by atoms with van der Waals surface area (Å²) in [6.45, 7) is 4.17. The Morgan fingerprint density at radius 3 is 2.22 bits per heavy atom. The van der Waals surface area contributed by atoms with Crippen LogP contribution in [-0.4, -0.2) is 12.7 Å². The second-order valence-electron chi connectivity index (χ2n) is 9.60. The monoisotopic (exact) mass is 514 g/mol. The summed E-state index contributed by atoms with van der Waals surface area (Å²) in [6.07, 6.45) is 7.32. The number of ether oxygens (including phenoxy) is 1. The molecular formula is C31H31F5O. The highest BCUT2D eigenvalue weighted by atomic mass is 19.2. The molecule has 6 heteroatoms. The fraction of sp³-hybridized carbons (Fsp3) is 0.355. The van der Waals surface area contributed by atoms with Crippen molar-refractivity contribution in [2.24, 2.45) is 0 Å². The Morgan fingerprint density at radius 2 is 1.57 bits per heavy atom. The van der Waals surface area contributed by atoms with Crippen LogP contribution in [0.25, 0.3) is 17.2 Å². The SMILES string of the molecule is CC=Cc1ccc(CCc2ccc(-c3ccc(C4CCC(CCC)OC4)c(F)c3F)c(F)c2F)cc1F. The zero-order valence-corrected chi connectivity index (χ0v) is 21.1. The van der Waals surface area contributed by atoms with Gasteiger partial charge < -0.3 is 4.74 Å². The summed E-state index contributed by atoms with van der Waals surface area (Å²) in [6, 6.07) is 10.1. The number of aryl methyl sites for hydroxylation is 2. The van der Waals surface area contributed by atoms with Gasteiger partial charge in [-0.05, 0) is 61.8 Å². The van der Waals surface area contributed by atoms with Gasteiger partial charge in [0.1, 0.15) is 5.82 Å². The Morgan fingerprint density at radius 1 is 0.838 bits per heavy atom. The van der Waals surface area contributed by atoms with E-state index in [0.29, 0.717) is 30.6 Å². The Balaban J connectivity index is 1.51. The van der Waals surface area contributed by atoms with E-state index in [1.807, 2.05) is 0 Å². The smallest absolute Gasteiger partial charge is 0.167 e. The molecule has 37 heavy (non-hydrogen) atoms. The van der Waals surface area contributed by atoms with Crippen LogP contribution in [0.1, 0.15) is 67.7 Å². The number of halogens is 5. The quantitative estimate of drug-likeness (QED) is 0.273. The van der Waals surface area contributed by atoms with Gasteiger partial charge in [-0.1, -0.05) is 61.9 Å². The molecule has 0 spiro atoms. The van der Waals surface area contributed by atoms with E-state index in [2.05, 4.69) is 6.92 Å². The molecule has 2 atom stereocenters. The van der Waals surface area contributed by atoms with Crippen molar-refractivity contribution in [1.82, 2.24) is 0 Å². The standard InChI is InChI=1S/C31H31F5O/c1-3-5-20-9-7-19(17-27(20)32)8-10-21-12-14-25(30(35)28(21)33)26-16-15-24(29(34)31(26)36)22-11-13-23(6-4-2)37-18-22/h3,5,7,9,12,14-17,22-23H,4,6,8,10-11,13,18H2,1-2H3. The molecule has 1 aliphatic rings. The van der Waals surface area contributed by atoms with Crippen LogP contribution in [0.5, 0.6) is 0 Å². The topological polar surface area (TPSA) is 9.23 Å². The van der Waals surface area contributed by atoms with Crippen molar-refractivity contribution in [2.75, 3.05) is 6.61 Å². The van der Waals surface area contributed by atoms with Gasteiger partial charge in [0.25, 0.3) is 0 Å². The van der Waals surface area contributed by atoms with Gasteiger partial charge in [-0.2, -0.15) is 0 Å². The molecule has 1 heterocycles. The maximum atomic E-state index is 15.1. The summed E-state index contributed by atoms with van der Waals surface area (Å²) in [5.41, 5.74) is 0.704. The molecule has 196 valence electrons. The predicted octanol–water partition coefficient (Wildman–Crippen LogP) is 8.93. The summed E-state index contributed by atoms with van der Waals surface area (Å²) in [7, 11) is 0. The van der Waals surface area contributed by atoms with Crippen LogP contribution in [0.4, 0.5) is 22.0 Å². The van der Waals surface area contributed by atoms with Crippen LogP contribution >= 0.6 is 0 Å². The molecular weight excluding hydrogens is 483 g/mol. The number of allylic oxidation sites excluding steroid dienone is 1. The molecule has 0 N–H and O–H groups in total. The largest absolute Gasteiger partial charge is 0.378 e. The van der Waals surface area contributed by atoms with E-state index >= 15 is 13.2 Å². The van der Waals surface area contributed by atoms with Gasteiger partial charge >= 0.3 is 0 Å². The van der Waals surface area contributed by atoms with E-state index in [-0.39, 0.29) is 46.5 Å². The van der Waals surface area contributed by atoms with Gasteiger partial charge in [-0.25, -0.2) is 22.0 Å². The van der Waals surface area contributed by atoms with E-state index in [1.165, 1.54) is 30.3 Å². The third-order valence-electron chi connectivity index (χ3n) is 7.08. The molecule has 3 aromatic rings. The van der Waals surface area contributed by atoms with E-state index < -0.39 is 23.3 Å². The Kier molecular flexibility index (Phi) is 8.80. The highest BCUT2D eigenvalue weighted by Gasteiger charge is 2.28. The van der Waals surface area contributed by atoms with Gasteiger partial charge in [0.15, 0.2) is 23.3 Å². The van der Waals surface area contributed by atoms with Gasteiger partial charge in [-0.3, -0.25) is 0 Å². The average molecular weight is 515 g/mol. The van der Waals surface area contributed by atoms with Crippen molar-refractivity contribution in [3.8, 4) is 11.1 Å². The summed E-state index contributed by atoms with van der Waals surface area (Å²) in [5.74, 6) is -5.27.